The van der Waals surface area contributed by atoms with Crippen LogP contribution in [-0.2, 0) is 0 Å². The predicted molar refractivity (Wildman–Crippen MR) is 119 cm³/mol. The van der Waals surface area contributed by atoms with Gasteiger partial charge in [0.1, 0.15) is 12.4 Å². The minimum atomic E-state index is -0.307. The van der Waals surface area contributed by atoms with E-state index in [9.17, 15) is 0 Å². The lowest BCUT2D eigenvalue weighted by molar-refractivity contribution is 0.359. The van der Waals surface area contributed by atoms with Gasteiger partial charge in [-0.15, -0.1) is 24.2 Å². The first kappa shape index (κ1) is 22.4. The number of nitrogen functional groups attached to an aromatic ring is 1. The fourth-order valence-electron chi connectivity index (χ4n) is 1.85. The van der Waals surface area contributed by atoms with Crippen LogP contribution in [0.25, 0.3) is 0 Å². The number of ether oxygens (including phenoxy) is 1. The topological polar surface area (TPSA) is 47.6 Å². The molecule has 0 fully saturated rings. The van der Waals surface area contributed by atoms with Crippen LogP contribution in [-0.4, -0.2) is 18.2 Å². The van der Waals surface area contributed by atoms with E-state index in [0.29, 0.717) is 17.3 Å². The van der Waals surface area contributed by atoms with Gasteiger partial charge in [-0.25, -0.2) is 0 Å². The van der Waals surface area contributed by atoms with Gasteiger partial charge >= 0.3 is 0 Å². The van der Waals surface area contributed by atoms with E-state index in [0.717, 1.165) is 21.9 Å². The van der Waals surface area contributed by atoms with Crippen molar-refractivity contribution in [2.24, 2.45) is 4.99 Å². The van der Waals surface area contributed by atoms with Crippen LogP contribution in [0.2, 0.25) is 0 Å². The summed E-state index contributed by atoms with van der Waals surface area (Å²) < 4.78 is 5.67. The zero-order valence-corrected chi connectivity index (χ0v) is 17.5. The molecule has 1 rings (SSSR count). The van der Waals surface area contributed by atoms with Crippen molar-refractivity contribution in [3.63, 3.8) is 0 Å². The zero-order valence-electron chi connectivity index (χ0n) is 15.1. The number of alkyl halides is 1. The highest BCUT2D eigenvalue weighted by Crippen LogP contribution is 2.17. The molecule has 0 saturated carbocycles. The Balaban J connectivity index is 2.80. The van der Waals surface area contributed by atoms with Crippen LogP contribution >= 0.6 is 35.8 Å². The molecule has 1 unspecified atom stereocenters. The molecule has 1 aromatic rings. The van der Waals surface area contributed by atoms with E-state index >= 15 is 0 Å². The van der Waals surface area contributed by atoms with Crippen LogP contribution in [0.15, 0.2) is 74.8 Å². The number of rotatable bonds is 8. The lowest BCUT2D eigenvalue weighted by Crippen LogP contribution is -1.99. The monoisotopic (exact) mass is 410 g/mol. The maximum Gasteiger partial charge on any atom is 0.121 e. The number of allylic oxidation sites excluding steroid dienone is 7. The van der Waals surface area contributed by atoms with Crippen molar-refractivity contribution >= 4 is 47.7 Å². The number of halogens is 2. The van der Waals surface area contributed by atoms with Crippen LogP contribution in [0.4, 0.5) is 5.69 Å². The van der Waals surface area contributed by atoms with Gasteiger partial charge in [0.15, 0.2) is 0 Å². The number of benzene rings is 1. The Morgan fingerprint density at radius 3 is 2.50 bits per heavy atom. The SMILES string of the molecule is C/C=C\C(C=N/C(C)=C(\S)COc1ccc(N)cc1)=CC(Cl)/C=C(\C)Cl. The molecule has 2 N–H and O–H groups in total. The minimum absolute atomic E-state index is 0.307. The number of hydrogen-bond donors (Lipinski definition) is 2. The van der Waals surface area contributed by atoms with Gasteiger partial charge in [0, 0.05) is 27.5 Å². The summed E-state index contributed by atoms with van der Waals surface area (Å²) in [6, 6.07) is 7.20. The number of nitrogens with zero attached hydrogens (tertiary/aromatic N) is 1. The maximum absolute atomic E-state index is 6.22. The first-order valence-corrected chi connectivity index (χ1v) is 9.31. The Bertz CT molecular complexity index is 731. The van der Waals surface area contributed by atoms with Gasteiger partial charge < -0.3 is 10.5 Å². The van der Waals surface area contributed by atoms with Crippen molar-refractivity contribution in [1.29, 1.82) is 0 Å². The highest BCUT2D eigenvalue weighted by molar-refractivity contribution is 7.84. The summed E-state index contributed by atoms with van der Waals surface area (Å²) in [5, 5.41) is 0.338. The Hall–Kier alpha value is -1.62. The molecule has 1 aromatic carbocycles. The van der Waals surface area contributed by atoms with Crippen molar-refractivity contribution in [1.82, 2.24) is 0 Å². The lowest BCUT2D eigenvalue weighted by atomic mass is 10.2. The molecular formula is C20H24Cl2N2OS. The first-order chi connectivity index (χ1) is 12.3. The Morgan fingerprint density at radius 2 is 1.92 bits per heavy atom. The number of aliphatic imine (C=N–C) groups is 1. The number of anilines is 1. The third kappa shape index (κ3) is 9.18. The summed E-state index contributed by atoms with van der Waals surface area (Å²) in [5.74, 6) is 0.727. The van der Waals surface area contributed by atoms with E-state index in [1.54, 1.807) is 31.3 Å². The number of hydrogen-bond acceptors (Lipinski definition) is 4. The van der Waals surface area contributed by atoms with Crippen LogP contribution in [0.5, 0.6) is 5.75 Å². The summed E-state index contributed by atoms with van der Waals surface area (Å²) in [6.45, 7) is 5.92. The van der Waals surface area contributed by atoms with E-state index in [2.05, 4.69) is 17.6 Å². The van der Waals surface area contributed by atoms with Gasteiger partial charge in [0.05, 0.1) is 5.38 Å². The van der Waals surface area contributed by atoms with E-state index in [4.69, 9.17) is 33.7 Å². The molecule has 0 bridgehead atoms. The van der Waals surface area contributed by atoms with Crippen LogP contribution < -0.4 is 10.5 Å². The summed E-state index contributed by atoms with van der Waals surface area (Å²) in [6.07, 6.45) is 9.21. The Kier molecular flexibility index (Phi) is 10.3. The third-order valence-electron chi connectivity index (χ3n) is 3.18. The quantitative estimate of drug-likeness (QED) is 0.178. The first-order valence-electron chi connectivity index (χ1n) is 8.05. The molecule has 0 aromatic heterocycles. The molecule has 6 heteroatoms. The van der Waals surface area contributed by atoms with Gasteiger partial charge in [0.25, 0.3) is 0 Å². The molecule has 0 amide bonds. The van der Waals surface area contributed by atoms with Crippen molar-refractivity contribution in [2.45, 2.75) is 26.1 Å². The summed E-state index contributed by atoms with van der Waals surface area (Å²) in [5.41, 5.74) is 7.98. The van der Waals surface area contributed by atoms with E-state index in [1.165, 1.54) is 0 Å². The Morgan fingerprint density at radius 1 is 1.27 bits per heavy atom. The summed E-state index contributed by atoms with van der Waals surface area (Å²) in [4.78, 5) is 5.18. The average molecular weight is 411 g/mol. The molecule has 0 aliphatic heterocycles. The predicted octanol–water partition coefficient (Wildman–Crippen LogP) is 6.13. The van der Waals surface area contributed by atoms with Gasteiger partial charge in [0.2, 0.25) is 0 Å². The van der Waals surface area contributed by atoms with Crippen molar-refractivity contribution in [3.05, 3.63) is 69.8 Å². The van der Waals surface area contributed by atoms with Gasteiger partial charge in [-0.3, -0.25) is 4.99 Å². The van der Waals surface area contributed by atoms with Gasteiger partial charge in [-0.2, -0.15) is 0 Å². The molecule has 0 saturated heterocycles. The van der Waals surface area contributed by atoms with Crippen LogP contribution in [0.1, 0.15) is 20.8 Å². The summed E-state index contributed by atoms with van der Waals surface area (Å²) in [7, 11) is 0. The van der Waals surface area contributed by atoms with Crippen molar-refractivity contribution in [2.75, 3.05) is 12.3 Å². The fourth-order valence-corrected chi connectivity index (χ4v) is 2.51. The Labute approximate surface area is 171 Å². The molecular weight excluding hydrogens is 387 g/mol. The fraction of sp³-hybridized carbons (Fsp3) is 0.250. The molecule has 0 radical (unpaired) electrons. The maximum atomic E-state index is 6.22. The number of nitrogens with two attached hydrogens (primary N) is 1. The standard InChI is InChI=1S/C20H24Cl2N2OS/c1-4-5-16(11-17(22)10-14(2)21)12-24-15(3)20(26)13-25-19-8-6-18(23)7-9-19/h4-12,17,26H,13,23H2,1-3H3/b5-4-,14-10+,16-11?,20-15-,24-12?. The third-order valence-corrected chi connectivity index (χ3v) is 4.01. The van der Waals surface area contributed by atoms with Crippen LogP contribution in [0, 0.1) is 0 Å². The van der Waals surface area contributed by atoms with Crippen LogP contribution in [0.3, 0.4) is 0 Å². The average Bonchev–Trinajstić information content (AvgIpc) is 2.58. The molecule has 26 heavy (non-hydrogen) atoms. The molecule has 0 aliphatic carbocycles. The van der Waals surface area contributed by atoms with Gasteiger partial charge in [-0.1, -0.05) is 29.8 Å². The molecule has 140 valence electrons. The van der Waals surface area contributed by atoms with E-state index < -0.39 is 0 Å². The lowest BCUT2D eigenvalue weighted by Gasteiger charge is -2.07. The highest BCUT2D eigenvalue weighted by atomic mass is 35.5. The largest absolute Gasteiger partial charge is 0.488 e. The normalized spacial score (nSPS) is 15.5. The van der Waals surface area contributed by atoms with Gasteiger partial charge in [-0.05, 0) is 56.7 Å². The minimum Gasteiger partial charge on any atom is -0.488 e. The van der Waals surface area contributed by atoms with Crippen molar-refractivity contribution < 1.29 is 4.74 Å². The second-order valence-electron chi connectivity index (χ2n) is 5.51. The molecule has 1 atom stereocenters. The second kappa shape index (κ2) is 11.9. The zero-order chi connectivity index (χ0) is 19.5. The van der Waals surface area contributed by atoms with E-state index in [1.807, 2.05) is 44.2 Å². The highest BCUT2D eigenvalue weighted by Gasteiger charge is 2.01. The number of thiol groups is 1. The molecule has 0 spiro atoms. The van der Waals surface area contributed by atoms with Crippen molar-refractivity contribution in [3.8, 4) is 5.75 Å². The van der Waals surface area contributed by atoms with E-state index in [-0.39, 0.29) is 5.38 Å². The molecule has 0 heterocycles. The molecule has 3 nitrogen and oxygen atoms in total. The smallest absolute Gasteiger partial charge is 0.121 e. The summed E-state index contributed by atoms with van der Waals surface area (Å²) >= 11 is 16.5. The molecule has 0 aliphatic rings. The second-order valence-corrected chi connectivity index (χ2v) is 7.15.